The zero-order valence-corrected chi connectivity index (χ0v) is 9.56. The Morgan fingerprint density at radius 3 is 3.07 bits per heavy atom. The number of rotatable bonds is 1. The van der Waals surface area contributed by atoms with E-state index in [-0.39, 0.29) is 0 Å². The second kappa shape index (κ2) is 4.00. The topological polar surface area (TPSA) is 36.4 Å². The van der Waals surface area contributed by atoms with Gasteiger partial charge in [0.15, 0.2) is 5.96 Å². The average Bonchev–Trinajstić information content (AvgIpc) is 2.66. The van der Waals surface area contributed by atoms with Crippen molar-refractivity contribution < 1.29 is 0 Å². The van der Waals surface area contributed by atoms with E-state index in [1.165, 1.54) is 5.56 Å². The molecule has 1 aliphatic heterocycles. The van der Waals surface area contributed by atoms with E-state index in [4.69, 9.17) is 0 Å². The number of anilines is 1. The van der Waals surface area contributed by atoms with Gasteiger partial charge in [0, 0.05) is 16.7 Å². The van der Waals surface area contributed by atoms with Crippen molar-refractivity contribution in [2.75, 3.05) is 18.4 Å². The van der Waals surface area contributed by atoms with Crippen LogP contribution in [0.1, 0.15) is 5.56 Å². The number of hydrogen-bond acceptors (Lipinski definition) is 3. The molecule has 2 rings (SSSR count). The van der Waals surface area contributed by atoms with Crippen LogP contribution >= 0.6 is 15.9 Å². The summed E-state index contributed by atoms with van der Waals surface area (Å²) in [5.41, 5.74) is 2.29. The van der Waals surface area contributed by atoms with Gasteiger partial charge in [0.2, 0.25) is 0 Å². The number of guanidine groups is 1. The van der Waals surface area contributed by atoms with Crippen molar-refractivity contribution in [2.45, 2.75) is 6.92 Å². The second-order valence-corrected chi connectivity index (χ2v) is 4.05. The van der Waals surface area contributed by atoms with Crippen LogP contribution in [0.25, 0.3) is 0 Å². The van der Waals surface area contributed by atoms with Crippen LogP contribution in [-0.2, 0) is 0 Å². The third-order valence-electron chi connectivity index (χ3n) is 2.19. The number of benzene rings is 1. The normalized spacial score (nSPS) is 14.9. The maximum atomic E-state index is 4.28. The van der Waals surface area contributed by atoms with Crippen molar-refractivity contribution >= 4 is 27.6 Å². The number of nitrogens with zero attached hydrogens (tertiary/aromatic N) is 1. The van der Waals surface area contributed by atoms with Gasteiger partial charge in [-0.05, 0) is 24.6 Å². The molecular weight excluding hydrogens is 242 g/mol. The van der Waals surface area contributed by atoms with Gasteiger partial charge in [-0.2, -0.15) is 0 Å². The molecule has 0 aliphatic carbocycles. The highest BCUT2D eigenvalue weighted by Gasteiger charge is 2.07. The highest BCUT2D eigenvalue weighted by molar-refractivity contribution is 9.10. The molecule has 0 saturated heterocycles. The maximum Gasteiger partial charge on any atom is 0.195 e. The van der Waals surface area contributed by atoms with E-state index in [0.717, 1.165) is 29.2 Å². The summed E-state index contributed by atoms with van der Waals surface area (Å²) >= 11 is 3.50. The molecule has 0 bridgehead atoms. The molecule has 0 atom stereocenters. The first-order valence-electron chi connectivity index (χ1n) is 4.58. The molecule has 3 nitrogen and oxygen atoms in total. The first kappa shape index (κ1) is 9.52. The zero-order chi connectivity index (χ0) is 9.97. The van der Waals surface area contributed by atoms with Crippen LogP contribution in [0, 0.1) is 6.92 Å². The Kier molecular flexibility index (Phi) is 2.72. The lowest BCUT2D eigenvalue weighted by Crippen LogP contribution is -2.26. The highest BCUT2D eigenvalue weighted by Crippen LogP contribution is 2.23. The summed E-state index contributed by atoms with van der Waals surface area (Å²) in [5, 5.41) is 6.43. The van der Waals surface area contributed by atoms with Crippen molar-refractivity contribution in [1.29, 1.82) is 0 Å². The van der Waals surface area contributed by atoms with E-state index < -0.39 is 0 Å². The first-order valence-corrected chi connectivity index (χ1v) is 5.37. The molecule has 1 aromatic carbocycles. The van der Waals surface area contributed by atoms with Gasteiger partial charge < -0.3 is 10.6 Å². The minimum absolute atomic E-state index is 0.857. The van der Waals surface area contributed by atoms with Gasteiger partial charge in [-0.15, -0.1) is 0 Å². The van der Waals surface area contributed by atoms with Gasteiger partial charge in [-0.1, -0.05) is 22.0 Å². The predicted octanol–water partition coefficient (Wildman–Crippen LogP) is 2.13. The van der Waals surface area contributed by atoms with Crippen LogP contribution in [0.5, 0.6) is 0 Å². The Morgan fingerprint density at radius 1 is 1.50 bits per heavy atom. The largest absolute Gasteiger partial charge is 0.354 e. The van der Waals surface area contributed by atoms with Gasteiger partial charge in [0.1, 0.15) is 0 Å². The van der Waals surface area contributed by atoms with Crippen LogP contribution < -0.4 is 10.6 Å². The van der Waals surface area contributed by atoms with E-state index in [1.54, 1.807) is 0 Å². The van der Waals surface area contributed by atoms with Crippen LogP contribution in [0.4, 0.5) is 5.69 Å². The Hall–Kier alpha value is -1.03. The molecule has 0 saturated carbocycles. The van der Waals surface area contributed by atoms with Crippen LogP contribution in [0.2, 0.25) is 0 Å². The van der Waals surface area contributed by atoms with E-state index >= 15 is 0 Å². The molecule has 14 heavy (non-hydrogen) atoms. The fraction of sp³-hybridized carbons (Fsp3) is 0.300. The predicted molar refractivity (Wildman–Crippen MR) is 62.8 cm³/mol. The molecular formula is C10H12BrN3. The molecule has 0 aromatic heterocycles. The summed E-state index contributed by atoms with van der Waals surface area (Å²) in [5.74, 6) is 0.867. The number of aliphatic imine (C=N–C) groups is 1. The Morgan fingerprint density at radius 2 is 2.36 bits per heavy atom. The SMILES string of the molecule is Cc1c(Br)cccc1NC1=NCCN1. The monoisotopic (exact) mass is 253 g/mol. The molecule has 0 radical (unpaired) electrons. The number of nitrogens with one attached hydrogen (secondary N) is 2. The minimum Gasteiger partial charge on any atom is -0.354 e. The molecule has 4 heteroatoms. The molecule has 0 unspecified atom stereocenters. The van der Waals surface area contributed by atoms with Crippen molar-refractivity contribution in [3.05, 3.63) is 28.2 Å². The molecule has 0 amide bonds. The molecule has 1 aliphatic rings. The van der Waals surface area contributed by atoms with Gasteiger partial charge in [0.25, 0.3) is 0 Å². The summed E-state index contributed by atoms with van der Waals surface area (Å²) in [7, 11) is 0. The fourth-order valence-electron chi connectivity index (χ4n) is 1.35. The highest BCUT2D eigenvalue weighted by atomic mass is 79.9. The van der Waals surface area contributed by atoms with Crippen molar-refractivity contribution in [3.63, 3.8) is 0 Å². The van der Waals surface area contributed by atoms with E-state index in [0.29, 0.717) is 0 Å². The van der Waals surface area contributed by atoms with Crippen molar-refractivity contribution in [2.24, 2.45) is 4.99 Å². The minimum atomic E-state index is 0.857. The summed E-state index contributed by atoms with van der Waals surface area (Å²) in [6.07, 6.45) is 0. The first-order chi connectivity index (χ1) is 6.77. The smallest absolute Gasteiger partial charge is 0.195 e. The molecule has 1 heterocycles. The lowest BCUT2D eigenvalue weighted by molar-refractivity contribution is 0.959. The van der Waals surface area contributed by atoms with Crippen molar-refractivity contribution in [1.82, 2.24) is 5.32 Å². The van der Waals surface area contributed by atoms with E-state index in [1.807, 2.05) is 18.2 Å². The Bertz CT molecular complexity index is 374. The average molecular weight is 254 g/mol. The molecule has 1 aromatic rings. The lowest BCUT2D eigenvalue weighted by Gasteiger charge is -2.10. The van der Waals surface area contributed by atoms with Gasteiger partial charge in [0.05, 0.1) is 6.54 Å². The van der Waals surface area contributed by atoms with Gasteiger partial charge in [-0.3, -0.25) is 4.99 Å². The summed E-state index contributed by atoms with van der Waals surface area (Å²) < 4.78 is 1.11. The van der Waals surface area contributed by atoms with Crippen molar-refractivity contribution in [3.8, 4) is 0 Å². The quantitative estimate of drug-likeness (QED) is 0.805. The lowest BCUT2D eigenvalue weighted by atomic mass is 10.2. The summed E-state index contributed by atoms with van der Waals surface area (Å²) in [6, 6.07) is 6.09. The maximum absolute atomic E-state index is 4.28. The standard InChI is InChI=1S/C10H12BrN3/c1-7-8(11)3-2-4-9(7)14-10-12-5-6-13-10/h2-4H,5-6H2,1H3,(H2,12,13,14). The second-order valence-electron chi connectivity index (χ2n) is 3.19. The third kappa shape index (κ3) is 1.90. The Balaban J connectivity index is 2.20. The summed E-state index contributed by atoms with van der Waals surface area (Å²) in [4.78, 5) is 4.28. The van der Waals surface area contributed by atoms with Crippen LogP contribution in [0.15, 0.2) is 27.7 Å². The van der Waals surface area contributed by atoms with Crippen LogP contribution in [-0.4, -0.2) is 19.0 Å². The zero-order valence-electron chi connectivity index (χ0n) is 7.97. The van der Waals surface area contributed by atoms with E-state index in [9.17, 15) is 0 Å². The Labute approximate surface area is 91.7 Å². The van der Waals surface area contributed by atoms with Gasteiger partial charge >= 0.3 is 0 Å². The molecule has 0 fully saturated rings. The van der Waals surface area contributed by atoms with Crippen LogP contribution in [0.3, 0.4) is 0 Å². The van der Waals surface area contributed by atoms with E-state index in [2.05, 4.69) is 38.5 Å². The number of halogens is 1. The number of hydrogen-bond donors (Lipinski definition) is 2. The molecule has 74 valence electrons. The fourth-order valence-corrected chi connectivity index (χ4v) is 1.72. The molecule has 2 N–H and O–H groups in total. The third-order valence-corrected chi connectivity index (χ3v) is 3.05. The summed E-state index contributed by atoms with van der Waals surface area (Å²) in [6.45, 7) is 3.85. The molecule has 0 spiro atoms. The van der Waals surface area contributed by atoms with Gasteiger partial charge in [-0.25, -0.2) is 0 Å².